The second-order valence-corrected chi connectivity index (χ2v) is 4.74. The van der Waals surface area contributed by atoms with E-state index in [4.69, 9.17) is 4.74 Å². The number of aliphatic hydroxyl groups excluding tert-OH is 1. The van der Waals surface area contributed by atoms with Gasteiger partial charge in [0.1, 0.15) is 0 Å². The van der Waals surface area contributed by atoms with Crippen molar-refractivity contribution in [1.82, 2.24) is 0 Å². The molecule has 0 heterocycles. The SMILES string of the molecule is CCCCCC(C)C(O)CCCC(=O)OCC. The Bertz CT molecular complexity index is 192. The van der Waals surface area contributed by atoms with Gasteiger partial charge >= 0.3 is 5.97 Å². The lowest BCUT2D eigenvalue weighted by Gasteiger charge is -2.18. The lowest BCUT2D eigenvalue weighted by molar-refractivity contribution is -0.143. The fourth-order valence-electron chi connectivity index (χ4n) is 1.88. The molecular formula is C14H28O3. The van der Waals surface area contributed by atoms with Gasteiger partial charge in [-0.1, -0.05) is 33.1 Å². The second-order valence-electron chi connectivity index (χ2n) is 4.74. The molecule has 0 saturated carbocycles. The molecule has 0 amide bonds. The average Bonchev–Trinajstić information content (AvgIpc) is 2.29. The molecule has 0 aromatic heterocycles. The van der Waals surface area contributed by atoms with Gasteiger partial charge in [-0.15, -0.1) is 0 Å². The summed E-state index contributed by atoms with van der Waals surface area (Å²) in [5.74, 6) is 0.182. The molecule has 0 rings (SSSR count). The van der Waals surface area contributed by atoms with E-state index in [-0.39, 0.29) is 12.1 Å². The van der Waals surface area contributed by atoms with Crippen LogP contribution in [0.4, 0.5) is 0 Å². The summed E-state index contributed by atoms with van der Waals surface area (Å²) < 4.78 is 4.84. The summed E-state index contributed by atoms with van der Waals surface area (Å²) in [6.07, 6.45) is 6.28. The minimum absolute atomic E-state index is 0.154. The van der Waals surface area contributed by atoms with E-state index in [1.807, 2.05) is 6.92 Å². The van der Waals surface area contributed by atoms with Crippen LogP contribution in [0.15, 0.2) is 0 Å². The normalized spacial score (nSPS) is 14.4. The Morgan fingerprint density at radius 2 is 1.88 bits per heavy atom. The summed E-state index contributed by atoms with van der Waals surface area (Å²) in [5.41, 5.74) is 0. The van der Waals surface area contributed by atoms with Gasteiger partial charge in [0.25, 0.3) is 0 Å². The molecule has 17 heavy (non-hydrogen) atoms. The zero-order valence-electron chi connectivity index (χ0n) is 11.6. The molecule has 2 unspecified atom stereocenters. The van der Waals surface area contributed by atoms with Crippen molar-refractivity contribution in [2.45, 2.75) is 71.8 Å². The van der Waals surface area contributed by atoms with Crippen LogP contribution in [0.3, 0.4) is 0 Å². The Hall–Kier alpha value is -0.570. The number of carbonyl (C=O) groups is 1. The zero-order valence-corrected chi connectivity index (χ0v) is 11.6. The van der Waals surface area contributed by atoms with Crippen molar-refractivity contribution in [2.24, 2.45) is 5.92 Å². The van der Waals surface area contributed by atoms with E-state index in [9.17, 15) is 9.90 Å². The lowest BCUT2D eigenvalue weighted by atomic mass is 9.94. The molecule has 0 aromatic rings. The summed E-state index contributed by atoms with van der Waals surface area (Å²) in [6.45, 7) is 6.52. The standard InChI is InChI=1S/C14H28O3/c1-4-6-7-9-12(3)13(15)10-8-11-14(16)17-5-2/h12-13,15H,4-11H2,1-3H3. The number of unbranched alkanes of at least 4 members (excludes halogenated alkanes) is 2. The van der Waals surface area contributed by atoms with Gasteiger partial charge in [0.05, 0.1) is 12.7 Å². The van der Waals surface area contributed by atoms with E-state index in [1.165, 1.54) is 19.3 Å². The number of esters is 1. The fraction of sp³-hybridized carbons (Fsp3) is 0.929. The van der Waals surface area contributed by atoms with Gasteiger partial charge in [-0.05, 0) is 32.1 Å². The van der Waals surface area contributed by atoms with Crippen molar-refractivity contribution in [2.75, 3.05) is 6.61 Å². The van der Waals surface area contributed by atoms with Crippen LogP contribution in [-0.2, 0) is 9.53 Å². The molecule has 0 aliphatic heterocycles. The summed E-state index contributed by atoms with van der Waals surface area (Å²) in [6, 6.07) is 0. The lowest BCUT2D eigenvalue weighted by Crippen LogP contribution is -2.18. The highest BCUT2D eigenvalue weighted by Gasteiger charge is 2.14. The van der Waals surface area contributed by atoms with Crippen LogP contribution in [0.1, 0.15) is 65.7 Å². The highest BCUT2D eigenvalue weighted by molar-refractivity contribution is 5.69. The monoisotopic (exact) mass is 244 g/mol. The van der Waals surface area contributed by atoms with Crippen molar-refractivity contribution in [3.05, 3.63) is 0 Å². The third-order valence-corrected chi connectivity index (χ3v) is 3.11. The summed E-state index contributed by atoms with van der Waals surface area (Å²) in [5, 5.41) is 9.91. The van der Waals surface area contributed by atoms with Gasteiger partial charge in [0.2, 0.25) is 0 Å². The van der Waals surface area contributed by atoms with Gasteiger partial charge in [-0.25, -0.2) is 0 Å². The van der Waals surface area contributed by atoms with Crippen LogP contribution in [-0.4, -0.2) is 23.8 Å². The molecule has 0 spiro atoms. The minimum atomic E-state index is -0.277. The van der Waals surface area contributed by atoms with Gasteiger partial charge in [0.15, 0.2) is 0 Å². The van der Waals surface area contributed by atoms with Crippen molar-refractivity contribution in [3.63, 3.8) is 0 Å². The van der Waals surface area contributed by atoms with E-state index in [2.05, 4.69) is 13.8 Å². The van der Waals surface area contributed by atoms with E-state index in [0.29, 0.717) is 25.4 Å². The third-order valence-electron chi connectivity index (χ3n) is 3.11. The number of carbonyl (C=O) groups excluding carboxylic acids is 1. The number of hydrogen-bond donors (Lipinski definition) is 1. The van der Waals surface area contributed by atoms with Crippen molar-refractivity contribution in [3.8, 4) is 0 Å². The Morgan fingerprint density at radius 1 is 1.18 bits per heavy atom. The smallest absolute Gasteiger partial charge is 0.305 e. The molecule has 0 aromatic carbocycles. The number of aliphatic hydroxyl groups is 1. The molecule has 3 heteroatoms. The van der Waals surface area contributed by atoms with Crippen LogP contribution < -0.4 is 0 Å². The van der Waals surface area contributed by atoms with Crippen LogP contribution in [0.2, 0.25) is 0 Å². The van der Waals surface area contributed by atoms with Gasteiger partial charge < -0.3 is 9.84 Å². The maximum atomic E-state index is 11.1. The number of rotatable bonds is 10. The van der Waals surface area contributed by atoms with E-state index >= 15 is 0 Å². The Kier molecular flexibility index (Phi) is 10.2. The predicted molar refractivity (Wildman–Crippen MR) is 69.8 cm³/mol. The molecule has 0 bridgehead atoms. The summed E-state index contributed by atoms with van der Waals surface area (Å²) in [4.78, 5) is 11.1. The van der Waals surface area contributed by atoms with Crippen molar-refractivity contribution >= 4 is 5.97 Å². The first-order valence-corrected chi connectivity index (χ1v) is 6.95. The second kappa shape index (κ2) is 10.6. The maximum Gasteiger partial charge on any atom is 0.305 e. The molecule has 0 saturated heterocycles. The van der Waals surface area contributed by atoms with Crippen LogP contribution >= 0.6 is 0 Å². The van der Waals surface area contributed by atoms with Crippen molar-refractivity contribution < 1.29 is 14.6 Å². The van der Waals surface area contributed by atoms with Gasteiger partial charge in [-0.3, -0.25) is 4.79 Å². The minimum Gasteiger partial charge on any atom is -0.466 e. The predicted octanol–water partition coefficient (Wildman–Crippen LogP) is 3.30. The molecule has 0 radical (unpaired) electrons. The molecule has 3 nitrogen and oxygen atoms in total. The number of hydrogen-bond acceptors (Lipinski definition) is 3. The molecule has 102 valence electrons. The molecule has 0 aliphatic rings. The fourth-order valence-corrected chi connectivity index (χ4v) is 1.88. The summed E-state index contributed by atoms with van der Waals surface area (Å²) in [7, 11) is 0. The number of ether oxygens (including phenoxy) is 1. The van der Waals surface area contributed by atoms with Crippen LogP contribution in [0.5, 0.6) is 0 Å². The third kappa shape index (κ3) is 9.16. The first-order chi connectivity index (χ1) is 8.11. The van der Waals surface area contributed by atoms with E-state index in [1.54, 1.807) is 0 Å². The summed E-state index contributed by atoms with van der Waals surface area (Å²) >= 11 is 0. The van der Waals surface area contributed by atoms with Crippen LogP contribution in [0, 0.1) is 5.92 Å². The molecular weight excluding hydrogens is 216 g/mol. The van der Waals surface area contributed by atoms with Crippen molar-refractivity contribution in [1.29, 1.82) is 0 Å². The van der Waals surface area contributed by atoms with Gasteiger partial charge in [0, 0.05) is 6.42 Å². The molecule has 0 aliphatic carbocycles. The first-order valence-electron chi connectivity index (χ1n) is 6.95. The Balaban J connectivity index is 3.56. The topological polar surface area (TPSA) is 46.5 Å². The van der Waals surface area contributed by atoms with Gasteiger partial charge in [-0.2, -0.15) is 0 Å². The Labute approximate surface area is 106 Å². The largest absolute Gasteiger partial charge is 0.466 e. The Morgan fingerprint density at radius 3 is 2.47 bits per heavy atom. The van der Waals surface area contributed by atoms with E-state index in [0.717, 1.165) is 12.8 Å². The zero-order chi connectivity index (χ0) is 13.1. The maximum absolute atomic E-state index is 11.1. The molecule has 1 N–H and O–H groups in total. The average molecular weight is 244 g/mol. The highest BCUT2D eigenvalue weighted by atomic mass is 16.5. The highest BCUT2D eigenvalue weighted by Crippen LogP contribution is 2.17. The first kappa shape index (κ1) is 16.4. The quantitative estimate of drug-likeness (QED) is 0.474. The molecule has 2 atom stereocenters. The van der Waals surface area contributed by atoms with Crippen LogP contribution in [0.25, 0.3) is 0 Å². The van der Waals surface area contributed by atoms with E-state index < -0.39 is 0 Å². The molecule has 0 fully saturated rings.